The van der Waals surface area contributed by atoms with Crippen molar-refractivity contribution >= 4 is 18.5 Å². The Hall–Kier alpha value is -2.15. The van der Waals surface area contributed by atoms with Gasteiger partial charge in [-0.05, 0) is 24.4 Å². The quantitative estimate of drug-likeness (QED) is 0.652. The van der Waals surface area contributed by atoms with E-state index in [1.54, 1.807) is 0 Å². The Morgan fingerprint density at radius 2 is 1.31 bits per heavy atom. The Balaban J connectivity index is 0.000000160. The third kappa shape index (κ3) is 4.38. The Morgan fingerprint density at radius 1 is 0.812 bits per heavy atom. The molecule has 0 unspecified atom stereocenters. The lowest BCUT2D eigenvalue weighted by Crippen LogP contribution is -1.63. The molecule has 0 atom stereocenters. The van der Waals surface area contributed by atoms with Crippen LogP contribution in [0.3, 0.4) is 0 Å². The first-order valence-electron chi connectivity index (χ1n) is 5.06. The molecule has 0 bridgehead atoms. The van der Waals surface area contributed by atoms with E-state index in [4.69, 9.17) is 0 Å². The molecule has 0 fully saturated rings. The number of rotatable bonds is 2. The summed E-state index contributed by atoms with van der Waals surface area (Å²) < 4.78 is 0. The van der Waals surface area contributed by atoms with Crippen LogP contribution >= 0.6 is 0 Å². The molecule has 0 heterocycles. The summed E-state index contributed by atoms with van der Waals surface area (Å²) in [6.07, 6.45) is 1.83. The van der Waals surface area contributed by atoms with Crippen molar-refractivity contribution in [1.82, 2.24) is 0 Å². The summed E-state index contributed by atoms with van der Waals surface area (Å²) in [5, 5.41) is 0. The monoisotopic (exact) mass is 209 g/mol. The van der Waals surface area contributed by atoms with Crippen molar-refractivity contribution in [3.05, 3.63) is 72.8 Å². The van der Waals surface area contributed by atoms with Crippen LogP contribution in [0, 0.1) is 0 Å². The van der Waals surface area contributed by atoms with Crippen molar-refractivity contribution in [2.75, 3.05) is 0 Å². The first kappa shape index (κ1) is 11.9. The molecule has 0 aliphatic rings. The first-order chi connectivity index (χ1) is 7.86. The molecule has 2 aromatic carbocycles. The van der Waals surface area contributed by atoms with Gasteiger partial charge in [0.25, 0.3) is 0 Å². The summed E-state index contributed by atoms with van der Waals surface area (Å²) >= 11 is 0. The van der Waals surface area contributed by atoms with Gasteiger partial charge in [-0.25, -0.2) is 0 Å². The van der Waals surface area contributed by atoms with E-state index < -0.39 is 0 Å². The van der Waals surface area contributed by atoms with Gasteiger partial charge < -0.3 is 0 Å². The molecule has 0 aromatic heterocycles. The standard InChI is InChI=1S/C8H8.C7H7N/c1-2-8-6-4-3-5-7-8;1-8-7-5-3-2-4-6-7/h2-7H,1H2;2-6H,1H2. The zero-order chi connectivity index (χ0) is 11.6. The minimum absolute atomic E-state index is 0.924. The zero-order valence-electron chi connectivity index (χ0n) is 9.21. The average molecular weight is 209 g/mol. The molecule has 0 spiro atoms. The lowest BCUT2D eigenvalue weighted by atomic mass is 10.2. The molecule has 0 amide bonds. The van der Waals surface area contributed by atoms with E-state index in [1.165, 1.54) is 5.56 Å². The Morgan fingerprint density at radius 3 is 1.62 bits per heavy atom. The summed E-state index contributed by atoms with van der Waals surface area (Å²) in [5.41, 5.74) is 2.10. The van der Waals surface area contributed by atoms with Gasteiger partial charge in [-0.3, -0.25) is 4.99 Å². The van der Waals surface area contributed by atoms with E-state index in [1.807, 2.05) is 66.7 Å². The Labute approximate surface area is 96.8 Å². The van der Waals surface area contributed by atoms with E-state index in [-0.39, 0.29) is 0 Å². The van der Waals surface area contributed by atoms with Gasteiger partial charge in [-0.2, -0.15) is 0 Å². The average Bonchev–Trinajstić information content (AvgIpc) is 2.41. The third-order valence-electron chi connectivity index (χ3n) is 1.97. The second-order valence-corrected chi connectivity index (χ2v) is 3.11. The molecule has 0 N–H and O–H groups in total. The van der Waals surface area contributed by atoms with Gasteiger partial charge in [0.1, 0.15) is 0 Å². The van der Waals surface area contributed by atoms with Crippen LogP contribution in [0.4, 0.5) is 5.69 Å². The number of hydrogen-bond acceptors (Lipinski definition) is 1. The van der Waals surface area contributed by atoms with Gasteiger partial charge in [0.15, 0.2) is 0 Å². The largest absolute Gasteiger partial charge is 0.265 e. The molecule has 0 aliphatic carbocycles. The van der Waals surface area contributed by atoms with Gasteiger partial charge in [0.2, 0.25) is 0 Å². The lowest BCUT2D eigenvalue weighted by molar-refractivity contribution is 1.55. The number of aliphatic imine (C=N–C) groups is 1. The van der Waals surface area contributed by atoms with E-state index in [0.29, 0.717) is 0 Å². The minimum Gasteiger partial charge on any atom is -0.265 e. The number of hydrogen-bond donors (Lipinski definition) is 0. The highest BCUT2D eigenvalue weighted by molar-refractivity contribution is 5.45. The molecular weight excluding hydrogens is 194 g/mol. The topological polar surface area (TPSA) is 12.4 Å². The van der Waals surface area contributed by atoms with Crippen molar-refractivity contribution in [2.45, 2.75) is 0 Å². The maximum absolute atomic E-state index is 3.72. The number of para-hydroxylation sites is 1. The lowest BCUT2D eigenvalue weighted by Gasteiger charge is -1.85. The summed E-state index contributed by atoms with van der Waals surface area (Å²) in [5.74, 6) is 0. The molecule has 1 nitrogen and oxygen atoms in total. The molecule has 0 saturated heterocycles. The van der Waals surface area contributed by atoms with Crippen molar-refractivity contribution in [1.29, 1.82) is 0 Å². The molecule has 80 valence electrons. The fourth-order valence-electron chi connectivity index (χ4n) is 1.12. The molecular formula is C15H15N. The van der Waals surface area contributed by atoms with E-state index in [2.05, 4.69) is 18.3 Å². The smallest absolute Gasteiger partial charge is 0.0622 e. The fraction of sp³-hybridized carbons (Fsp3) is 0. The molecule has 2 aromatic rings. The summed E-state index contributed by atoms with van der Waals surface area (Å²) in [6, 6.07) is 19.7. The normalized spacial score (nSPS) is 8.50. The summed E-state index contributed by atoms with van der Waals surface area (Å²) in [4.78, 5) is 3.72. The van der Waals surface area contributed by atoms with Crippen molar-refractivity contribution in [2.24, 2.45) is 4.99 Å². The SMILES string of the molecule is C=Cc1ccccc1.C=Nc1ccccc1. The maximum Gasteiger partial charge on any atom is 0.0622 e. The molecule has 0 radical (unpaired) electrons. The second-order valence-electron chi connectivity index (χ2n) is 3.11. The molecule has 0 aliphatic heterocycles. The van der Waals surface area contributed by atoms with Crippen molar-refractivity contribution < 1.29 is 0 Å². The van der Waals surface area contributed by atoms with Gasteiger partial charge in [0, 0.05) is 0 Å². The zero-order valence-corrected chi connectivity index (χ0v) is 9.21. The molecule has 16 heavy (non-hydrogen) atoms. The fourth-order valence-corrected chi connectivity index (χ4v) is 1.12. The van der Waals surface area contributed by atoms with E-state index in [0.717, 1.165) is 5.69 Å². The highest BCUT2D eigenvalue weighted by Gasteiger charge is 1.77. The number of nitrogens with zero attached hydrogens (tertiary/aromatic N) is 1. The van der Waals surface area contributed by atoms with Gasteiger partial charge >= 0.3 is 0 Å². The van der Waals surface area contributed by atoms with Crippen LogP contribution in [0.2, 0.25) is 0 Å². The van der Waals surface area contributed by atoms with Crippen LogP contribution in [0.25, 0.3) is 6.08 Å². The molecule has 2 rings (SSSR count). The minimum atomic E-state index is 0.924. The molecule has 0 saturated carbocycles. The van der Waals surface area contributed by atoms with Crippen LogP contribution in [0.5, 0.6) is 0 Å². The van der Waals surface area contributed by atoms with Crippen LogP contribution in [-0.2, 0) is 0 Å². The van der Waals surface area contributed by atoms with Crippen molar-refractivity contribution in [3.63, 3.8) is 0 Å². The Bertz CT molecular complexity index is 374. The van der Waals surface area contributed by atoms with Crippen LogP contribution in [0.1, 0.15) is 5.56 Å². The second kappa shape index (κ2) is 7.18. The number of benzene rings is 2. The molecule has 1 heteroatoms. The highest BCUT2D eigenvalue weighted by atomic mass is 14.7. The van der Waals surface area contributed by atoms with Crippen molar-refractivity contribution in [3.8, 4) is 0 Å². The highest BCUT2D eigenvalue weighted by Crippen LogP contribution is 2.06. The van der Waals surface area contributed by atoms with Gasteiger partial charge in [-0.15, -0.1) is 0 Å². The summed E-state index contributed by atoms with van der Waals surface area (Å²) in [6.45, 7) is 7.01. The van der Waals surface area contributed by atoms with E-state index >= 15 is 0 Å². The first-order valence-corrected chi connectivity index (χ1v) is 5.06. The third-order valence-corrected chi connectivity index (χ3v) is 1.97. The predicted octanol–water partition coefficient (Wildman–Crippen LogP) is 4.35. The Kier molecular flexibility index (Phi) is 5.35. The van der Waals surface area contributed by atoms with Gasteiger partial charge in [0.05, 0.1) is 5.69 Å². The van der Waals surface area contributed by atoms with Crippen LogP contribution in [-0.4, -0.2) is 6.72 Å². The summed E-state index contributed by atoms with van der Waals surface area (Å²) in [7, 11) is 0. The predicted molar refractivity (Wildman–Crippen MR) is 72.2 cm³/mol. The van der Waals surface area contributed by atoms with Crippen LogP contribution < -0.4 is 0 Å². The van der Waals surface area contributed by atoms with Crippen LogP contribution in [0.15, 0.2) is 72.2 Å². The van der Waals surface area contributed by atoms with Gasteiger partial charge in [-0.1, -0.05) is 61.2 Å². The van der Waals surface area contributed by atoms with E-state index in [9.17, 15) is 0 Å². The maximum atomic E-state index is 3.72.